The van der Waals surface area contributed by atoms with Crippen LogP contribution in [0, 0.1) is 0 Å². The van der Waals surface area contributed by atoms with Crippen molar-refractivity contribution in [1.82, 2.24) is 15.6 Å². The Morgan fingerprint density at radius 1 is 1.25 bits per heavy atom. The number of rotatable bonds is 5. The highest BCUT2D eigenvalue weighted by molar-refractivity contribution is 5.83. The van der Waals surface area contributed by atoms with Crippen molar-refractivity contribution in [2.45, 2.75) is 32.7 Å². The van der Waals surface area contributed by atoms with Gasteiger partial charge in [-0.3, -0.25) is 4.79 Å². The van der Waals surface area contributed by atoms with Crippen LogP contribution in [0.25, 0.3) is 10.9 Å². The fourth-order valence-electron chi connectivity index (χ4n) is 2.23. The molecule has 2 aromatic rings. The van der Waals surface area contributed by atoms with E-state index in [2.05, 4.69) is 27.8 Å². The molecule has 0 radical (unpaired) electrons. The van der Waals surface area contributed by atoms with Crippen LogP contribution in [-0.4, -0.2) is 29.5 Å². The van der Waals surface area contributed by atoms with Crippen LogP contribution in [0.15, 0.2) is 30.5 Å². The molecular weight excluding hydrogens is 250 g/mol. The first-order valence-corrected chi connectivity index (χ1v) is 7.02. The number of fused-ring (bicyclic) bond motifs is 1. The summed E-state index contributed by atoms with van der Waals surface area (Å²) >= 11 is 0. The molecular formula is C16H23N3O. The van der Waals surface area contributed by atoms with Crippen LogP contribution < -0.4 is 10.6 Å². The van der Waals surface area contributed by atoms with E-state index in [-0.39, 0.29) is 11.4 Å². The third-order valence-corrected chi connectivity index (χ3v) is 3.05. The second-order valence-corrected chi connectivity index (χ2v) is 6.08. The maximum atomic E-state index is 11.7. The quantitative estimate of drug-likeness (QED) is 0.732. The third kappa shape index (κ3) is 4.10. The third-order valence-electron chi connectivity index (χ3n) is 3.05. The van der Waals surface area contributed by atoms with E-state index in [4.69, 9.17) is 0 Å². The fourth-order valence-corrected chi connectivity index (χ4v) is 2.23. The Kier molecular flexibility index (Phi) is 4.45. The zero-order chi connectivity index (χ0) is 14.6. The Labute approximate surface area is 120 Å². The van der Waals surface area contributed by atoms with Crippen molar-refractivity contribution < 1.29 is 4.79 Å². The van der Waals surface area contributed by atoms with Crippen molar-refractivity contribution in [3.8, 4) is 0 Å². The molecule has 4 heteroatoms. The summed E-state index contributed by atoms with van der Waals surface area (Å²) in [5.41, 5.74) is 2.27. The molecule has 1 heterocycles. The first kappa shape index (κ1) is 14.6. The molecule has 3 N–H and O–H groups in total. The summed E-state index contributed by atoms with van der Waals surface area (Å²) in [4.78, 5) is 14.9. The molecule has 0 bridgehead atoms. The summed E-state index contributed by atoms with van der Waals surface area (Å²) in [6.45, 7) is 7.10. The minimum absolute atomic E-state index is 0.0384. The second kappa shape index (κ2) is 6.09. The summed E-state index contributed by atoms with van der Waals surface area (Å²) in [7, 11) is 0. The molecule has 1 amide bonds. The van der Waals surface area contributed by atoms with Gasteiger partial charge in [-0.2, -0.15) is 0 Å². The van der Waals surface area contributed by atoms with Gasteiger partial charge < -0.3 is 15.6 Å². The summed E-state index contributed by atoms with van der Waals surface area (Å²) in [6.07, 6.45) is 2.95. The van der Waals surface area contributed by atoms with E-state index < -0.39 is 0 Å². The Hall–Kier alpha value is -1.81. The van der Waals surface area contributed by atoms with Crippen molar-refractivity contribution in [2.75, 3.05) is 13.1 Å². The van der Waals surface area contributed by atoms with Gasteiger partial charge in [-0.25, -0.2) is 0 Å². The number of benzene rings is 1. The lowest BCUT2D eigenvalue weighted by Crippen LogP contribution is -2.45. The molecule has 1 aromatic heterocycles. The molecule has 108 valence electrons. The molecule has 1 aromatic carbocycles. The average Bonchev–Trinajstić information content (AvgIpc) is 2.76. The van der Waals surface area contributed by atoms with Crippen LogP contribution in [-0.2, 0) is 11.2 Å². The van der Waals surface area contributed by atoms with E-state index in [9.17, 15) is 4.79 Å². The van der Waals surface area contributed by atoms with Gasteiger partial charge in [0.05, 0.1) is 6.54 Å². The lowest BCUT2D eigenvalue weighted by Gasteiger charge is -2.20. The molecule has 20 heavy (non-hydrogen) atoms. The van der Waals surface area contributed by atoms with E-state index in [0.717, 1.165) is 18.5 Å². The van der Waals surface area contributed by atoms with Crippen LogP contribution in [0.3, 0.4) is 0 Å². The molecule has 0 unspecified atom stereocenters. The van der Waals surface area contributed by atoms with Crippen LogP contribution in [0.2, 0.25) is 0 Å². The molecule has 0 saturated heterocycles. The van der Waals surface area contributed by atoms with Crippen LogP contribution in [0.1, 0.15) is 26.3 Å². The number of hydrogen-bond donors (Lipinski definition) is 3. The first-order chi connectivity index (χ1) is 9.46. The Balaban J connectivity index is 1.78. The second-order valence-electron chi connectivity index (χ2n) is 6.08. The molecule has 4 nitrogen and oxygen atoms in total. The lowest BCUT2D eigenvalue weighted by molar-refractivity contribution is -0.121. The van der Waals surface area contributed by atoms with E-state index >= 15 is 0 Å². The SMILES string of the molecule is CC(C)(C)NC(=O)CNCCc1c[nH]c2ccccc12. The number of aromatic nitrogens is 1. The van der Waals surface area contributed by atoms with Crippen LogP contribution in [0.5, 0.6) is 0 Å². The van der Waals surface area contributed by atoms with Crippen LogP contribution in [0.4, 0.5) is 0 Å². The van der Waals surface area contributed by atoms with Gasteiger partial charge in [-0.15, -0.1) is 0 Å². The number of para-hydroxylation sites is 1. The van der Waals surface area contributed by atoms with Gasteiger partial charge in [0.25, 0.3) is 0 Å². The highest BCUT2D eigenvalue weighted by atomic mass is 16.2. The minimum atomic E-state index is -0.171. The molecule has 0 atom stereocenters. The van der Waals surface area contributed by atoms with Gasteiger partial charge >= 0.3 is 0 Å². The number of carbonyl (C=O) groups excluding carboxylic acids is 1. The Morgan fingerprint density at radius 3 is 2.75 bits per heavy atom. The molecule has 0 aliphatic rings. The first-order valence-electron chi connectivity index (χ1n) is 7.02. The van der Waals surface area contributed by atoms with E-state index in [0.29, 0.717) is 6.54 Å². The summed E-state index contributed by atoms with van der Waals surface area (Å²) < 4.78 is 0. The Bertz CT molecular complexity index is 581. The summed E-state index contributed by atoms with van der Waals surface area (Å²) in [5, 5.41) is 7.38. The standard InChI is InChI=1S/C16H23N3O/c1-16(2,3)19-15(20)11-17-9-8-12-10-18-14-7-5-4-6-13(12)14/h4-7,10,17-18H,8-9,11H2,1-3H3,(H,19,20). The maximum Gasteiger partial charge on any atom is 0.234 e. The zero-order valence-corrected chi connectivity index (χ0v) is 12.4. The van der Waals surface area contributed by atoms with Gasteiger partial charge in [-0.05, 0) is 45.4 Å². The number of amides is 1. The van der Waals surface area contributed by atoms with E-state index in [1.54, 1.807) is 0 Å². The van der Waals surface area contributed by atoms with Gasteiger partial charge in [0, 0.05) is 22.6 Å². The molecule has 0 aliphatic heterocycles. The highest BCUT2D eigenvalue weighted by Gasteiger charge is 2.12. The molecule has 0 aliphatic carbocycles. The predicted molar refractivity (Wildman–Crippen MR) is 82.8 cm³/mol. The molecule has 0 fully saturated rings. The Morgan fingerprint density at radius 2 is 2.00 bits per heavy atom. The van der Waals surface area contributed by atoms with Gasteiger partial charge in [0.2, 0.25) is 5.91 Å². The minimum Gasteiger partial charge on any atom is -0.361 e. The monoisotopic (exact) mass is 273 g/mol. The van der Waals surface area contributed by atoms with E-state index in [1.807, 2.05) is 39.1 Å². The number of nitrogens with one attached hydrogen (secondary N) is 3. The zero-order valence-electron chi connectivity index (χ0n) is 12.4. The van der Waals surface area contributed by atoms with Crippen molar-refractivity contribution in [2.24, 2.45) is 0 Å². The lowest BCUT2D eigenvalue weighted by atomic mass is 10.1. The number of aromatic amines is 1. The molecule has 2 rings (SSSR count). The van der Waals surface area contributed by atoms with Crippen molar-refractivity contribution >= 4 is 16.8 Å². The number of carbonyl (C=O) groups is 1. The molecule has 0 saturated carbocycles. The fraction of sp³-hybridized carbons (Fsp3) is 0.438. The van der Waals surface area contributed by atoms with Crippen molar-refractivity contribution in [1.29, 1.82) is 0 Å². The normalized spacial score (nSPS) is 11.8. The topological polar surface area (TPSA) is 56.9 Å². The van der Waals surface area contributed by atoms with Crippen molar-refractivity contribution in [3.05, 3.63) is 36.0 Å². The van der Waals surface area contributed by atoms with Gasteiger partial charge in [-0.1, -0.05) is 18.2 Å². The van der Waals surface area contributed by atoms with Crippen LogP contribution >= 0.6 is 0 Å². The average molecular weight is 273 g/mol. The van der Waals surface area contributed by atoms with Gasteiger partial charge in [0.1, 0.15) is 0 Å². The van der Waals surface area contributed by atoms with Crippen molar-refractivity contribution in [3.63, 3.8) is 0 Å². The number of H-pyrrole nitrogens is 1. The molecule has 0 spiro atoms. The summed E-state index contributed by atoms with van der Waals surface area (Å²) in [5.74, 6) is 0.0384. The largest absolute Gasteiger partial charge is 0.361 e. The predicted octanol–water partition coefficient (Wildman–Crippen LogP) is 2.21. The van der Waals surface area contributed by atoms with Gasteiger partial charge in [0.15, 0.2) is 0 Å². The maximum absolute atomic E-state index is 11.7. The highest BCUT2D eigenvalue weighted by Crippen LogP contribution is 2.17. The number of hydrogen-bond acceptors (Lipinski definition) is 2. The summed E-state index contributed by atoms with van der Waals surface area (Å²) in [6, 6.07) is 8.26. The van der Waals surface area contributed by atoms with E-state index in [1.165, 1.54) is 10.9 Å². The smallest absolute Gasteiger partial charge is 0.234 e.